The van der Waals surface area contributed by atoms with Crippen molar-refractivity contribution >= 4 is 37.9 Å². The molecule has 0 aromatic heterocycles. The largest absolute Gasteiger partial charge is 2.00 e. The third-order valence-electron chi connectivity index (χ3n) is 3.95. The Hall–Kier alpha value is 1.11. The smallest absolute Gasteiger partial charge is 0.302 e. The molecule has 0 radical (unpaired) electrons. The molecule has 0 bridgehead atoms. The summed E-state index contributed by atoms with van der Waals surface area (Å²) in [4.78, 5) is 11.4. The van der Waals surface area contributed by atoms with E-state index in [1.165, 1.54) is 6.16 Å². The molecule has 0 rings (SSSR count). The Balaban J connectivity index is 0. The van der Waals surface area contributed by atoms with Crippen LogP contribution in [0.15, 0.2) is 5.70 Å². The van der Waals surface area contributed by atoms with Gasteiger partial charge in [-0.05, 0) is 28.8 Å². The fraction of sp³-hybridized carbons (Fsp3) is 0.882. The molecule has 0 saturated carbocycles. The molecule has 0 aromatic rings. The van der Waals surface area contributed by atoms with Gasteiger partial charge in [0.2, 0.25) is 0 Å². The van der Waals surface area contributed by atoms with Crippen molar-refractivity contribution in [2.45, 2.75) is 78.0 Å². The Labute approximate surface area is 165 Å². The predicted octanol–water partition coefficient (Wildman–Crippen LogP) is 5.91. The van der Waals surface area contributed by atoms with Gasteiger partial charge in [0.1, 0.15) is 11.6 Å². The van der Waals surface area contributed by atoms with Crippen molar-refractivity contribution in [3.63, 3.8) is 0 Å². The van der Waals surface area contributed by atoms with Gasteiger partial charge in [-0.2, -0.15) is 0 Å². The Morgan fingerprint density at radius 1 is 0.913 bits per heavy atom. The summed E-state index contributed by atoms with van der Waals surface area (Å²) in [5, 5.41) is 0. The topological polar surface area (TPSA) is 20.3 Å². The zero-order valence-electron chi connectivity index (χ0n) is 15.9. The first kappa shape index (κ1) is 26.3. The van der Waals surface area contributed by atoms with Gasteiger partial charge in [0, 0.05) is 28.9 Å². The quantitative estimate of drug-likeness (QED) is 0.173. The van der Waals surface area contributed by atoms with E-state index >= 15 is 0 Å². The minimum absolute atomic E-state index is 0. The second-order valence-corrected chi connectivity index (χ2v) is 14.7. The van der Waals surface area contributed by atoms with Crippen LogP contribution in [0.4, 0.5) is 0 Å². The fourth-order valence-corrected chi connectivity index (χ4v) is 8.75. The molecule has 0 saturated heterocycles. The van der Waals surface area contributed by atoms with Crippen LogP contribution in [0.1, 0.15) is 55.4 Å². The number of nitrogens with zero attached hydrogens (tertiary/aromatic N) is 1. The summed E-state index contributed by atoms with van der Waals surface area (Å²) in [6.07, 6.45) is 2.04. The van der Waals surface area contributed by atoms with Crippen molar-refractivity contribution in [2.24, 2.45) is 0 Å². The van der Waals surface area contributed by atoms with E-state index in [1.807, 2.05) is 3.93 Å². The number of hydrogen-bond acceptors (Lipinski definition) is 2. The molecule has 0 fully saturated rings. The summed E-state index contributed by atoms with van der Waals surface area (Å²) in [7, 11) is -0.169. The maximum atomic E-state index is 11.4. The van der Waals surface area contributed by atoms with Crippen molar-refractivity contribution in [3.8, 4) is 0 Å². The normalized spacial score (nSPS) is 11.6. The summed E-state index contributed by atoms with van der Waals surface area (Å²) in [6.45, 7) is 19.2. The van der Waals surface area contributed by atoms with Gasteiger partial charge in [-0.15, -0.1) is 0 Å². The predicted molar refractivity (Wildman–Crippen MR) is 109 cm³/mol. The van der Waals surface area contributed by atoms with E-state index in [2.05, 4.69) is 77.5 Å². The Morgan fingerprint density at radius 2 is 1.30 bits per heavy atom. The second-order valence-electron chi connectivity index (χ2n) is 6.92. The zero-order chi connectivity index (χ0) is 17.4. The van der Waals surface area contributed by atoms with E-state index in [0.717, 1.165) is 29.7 Å². The zero-order valence-corrected chi connectivity index (χ0v) is 20.4. The van der Waals surface area contributed by atoms with E-state index < -0.39 is 0 Å². The molecule has 136 valence electrons. The monoisotopic (exact) mass is 465 g/mol. The van der Waals surface area contributed by atoms with Crippen LogP contribution in [-0.4, -0.2) is 51.4 Å². The molecule has 6 heteroatoms. The van der Waals surface area contributed by atoms with Crippen LogP contribution in [0, 0.1) is 0 Å². The molecule has 0 N–H and O–H groups in total. The standard InChI is InChI=1S/C17H34BrNOP2.Fe/c1-13(2)21(14(3)4)10-9-19(18)17(11-20)12-22(15(5)6)16(7)8;/h13-16H,9-10,12H2,1-8H3;/q;+2. The van der Waals surface area contributed by atoms with Crippen LogP contribution in [0.3, 0.4) is 0 Å². The Kier molecular flexibility index (Phi) is 15.3. The molecule has 0 unspecified atom stereocenters. The third-order valence-corrected chi connectivity index (χ3v) is 11.4. The molecular weight excluding hydrogens is 432 g/mol. The summed E-state index contributed by atoms with van der Waals surface area (Å²) in [6, 6.07) is 0. The van der Waals surface area contributed by atoms with Crippen molar-refractivity contribution in [3.05, 3.63) is 5.70 Å². The van der Waals surface area contributed by atoms with Crippen LogP contribution in [0.25, 0.3) is 0 Å². The van der Waals surface area contributed by atoms with E-state index in [0.29, 0.717) is 11.3 Å². The van der Waals surface area contributed by atoms with Crippen LogP contribution in [0.5, 0.6) is 0 Å². The van der Waals surface area contributed by atoms with Gasteiger partial charge in [-0.3, -0.25) is 0 Å². The average molecular weight is 466 g/mol. The first-order chi connectivity index (χ1) is 10.1. The van der Waals surface area contributed by atoms with Gasteiger partial charge in [0.05, 0.1) is 0 Å². The first-order valence-electron chi connectivity index (χ1n) is 8.30. The molecule has 0 amide bonds. The maximum absolute atomic E-state index is 11.4. The number of carbonyl (C=O) groups excluding carboxylic acids is 1. The number of hydrogen-bond donors (Lipinski definition) is 0. The van der Waals surface area contributed by atoms with Crippen LogP contribution < -0.4 is 0 Å². The molecule has 0 heterocycles. The van der Waals surface area contributed by atoms with Crippen LogP contribution in [-0.2, 0) is 21.9 Å². The van der Waals surface area contributed by atoms with E-state index in [4.69, 9.17) is 0 Å². The van der Waals surface area contributed by atoms with E-state index in [-0.39, 0.29) is 32.9 Å². The maximum Gasteiger partial charge on any atom is 2.00 e. The van der Waals surface area contributed by atoms with Crippen molar-refractivity contribution in [1.29, 1.82) is 0 Å². The summed E-state index contributed by atoms with van der Waals surface area (Å²) < 4.78 is 1.99. The van der Waals surface area contributed by atoms with E-state index in [9.17, 15) is 4.79 Å². The first-order valence-corrected chi connectivity index (χ1v) is 12.3. The summed E-state index contributed by atoms with van der Waals surface area (Å²) in [5.41, 5.74) is 3.56. The molecule has 0 aromatic carbocycles. The summed E-state index contributed by atoms with van der Waals surface area (Å²) >= 11 is 3.61. The van der Waals surface area contributed by atoms with Crippen LogP contribution in [0.2, 0.25) is 0 Å². The fourth-order valence-electron chi connectivity index (χ4n) is 2.74. The number of rotatable bonds is 10. The molecule has 0 spiro atoms. The van der Waals surface area contributed by atoms with Gasteiger partial charge >= 0.3 is 17.1 Å². The second kappa shape index (κ2) is 13.3. The average Bonchev–Trinajstić information content (AvgIpc) is 2.37. The number of halogens is 1. The third kappa shape index (κ3) is 9.99. The van der Waals surface area contributed by atoms with Gasteiger partial charge in [-0.1, -0.05) is 71.2 Å². The minimum atomic E-state index is -0.173. The van der Waals surface area contributed by atoms with Gasteiger partial charge < -0.3 is 3.93 Å². The molecule has 0 atom stereocenters. The molecular formula is C17H34BrFeNOP2+2. The number of allylic oxidation sites excluding steroid dienone is 1. The van der Waals surface area contributed by atoms with Crippen molar-refractivity contribution in [2.75, 3.05) is 18.9 Å². The van der Waals surface area contributed by atoms with Crippen molar-refractivity contribution < 1.29 is 21.9 Å². The van der Waals surface area contributed by atoms with Crippen molar-refractivity contribution in [1.82, 2.24) is 3.93 Å². The summed E-state index contributed by atoms with van der Waals surface area (Å²) in [5.74, 6) is 2.19. The molecule has 0 aliphatic carbocycles. The Morgan fingerprint density at radius 3 is 1.61 bits per heavy atom. The SMILES string of the molecule is CC(C)P(CCN(Br)C(=C=O)CP(C(C)C)C(C)C)C(C)C.[Fe+2]. The van der Waals surface area contributed by atoms with Crippen LogP contribution >= 0.6 is 32.0 Å². The van der Waals surface area contributed by atoms with Gasteiger partial charge in [-0.25, -0.2) is 4.79 Å². The molecule has 0 aliphatic rings. The van der Waals surface area contributed by atoms with E-state index in [1.54, 1.807) is 0 Å². The minimum Gasteiger partial charge on any atom is -0.302 e. The van der Waals surface area contributed by atoms with Gasteiger partial charge in [0.15, 0.2) is 0 Å². The molecule has 0 aliphatic heterocycles. The van der Waals surface area contributed by atoms with Gasteiger partial charge in [0.25, 0.3) is 0 Å². The molecule has 23 heavy (non-hydrogen) atoms. The molecule has 2 nitrogen and oxygen atoms in total. The Bertz CT molecular complexity index is 356.